The summed E-state index contributed by atoms with van der Waals surface area (Å²) in [5.41, 5.74) is 5.61. The zero-order valence-electron chi connectivity index (χ0n) is 12.9. The number of rotatable bonds is 3. The molecule has 4 heteroatoms. The summed E-state index contributed by atoms with van der Waals surface area (Å²) in [6, 6.07) is 11.7. The van der Waals surface area contributed by atoms with Crippen molar-refractivity contribution in [3.05, 3.63) is 58.8 Å². The maximum Gasteiger partial charge on any atom is 0.230 e. The normalized spacial score (nSPS) is 10.9. The number of carbonyl (C=O) groups excluding carboxylic acids is 1. The summed E-state index contributed by atoms with van der Waals surface area (Å²) in [5.74, 6) is -0.0981. The molecule has 0 aliphatic heterocycles. The van der Waals surface area contributed by atoms with Crippen molar-refractivity contribution < 1.29 is 9.32 Å². The number of nitrogens with zero attached hydrogens (tertiary/aromatic N) is 1. The Morgan fingerprint density at radius 3 is 2.68 bits per heavy atom. The van der Waals surface area contributed by atoms with Crippen molar-refractivity contribution in [3.8, 4) is 0 Å². The Morgan fingerprint density at radius 2 is 1.91 bits per heavy atom. The molecular formula is C18H18N2O2. The molecule has 112 valence electrons. The van der Waals surface area contributed by atoms with Crippen LogP contribution in [0.5, 0.6) is 0 Å². The second-order valence-corrected chi connectivity index (χ2v) is 5.66. The number of anilines is 1. The fourth-order valence-electron chi connectivity index (χ4n) is 2.45. The van der Waals surface area contributed by atoms with E-state index in [4.69, 9.17) is 4.52 Å². The highest BCUT2D eigenvalue weighted by molar-refractivity contribution is 5.94. The molecule has 22 heavy (non-hydrogen) atoms. The number of amides is 1. The van der Waals surface area contributed by atoms with E-state index in [0.717, 1.165) is 33.3 Å². The molecule has 3 rings (SSSR count). The van der Waals surface area contributed by atoms with Gasteiger partial charge in [0.15, 0.2) is 5.58 Å². The molecule has 1 amide bonds. The first-order valence-corrected chi connectivity index (χ1v) is 7.25. The summed E-state index contributed by atoms with van der Waals surface area (Å²) in [6.07, 6.45) is 0.198. The van der Waals surface area contributed by atoms with Crippen molar-refractivity contribution in [2.24, 2.45) is 0 Å². The molecule has 0 fully saturated rings. The Labute approximate surface area is 129 Å². The lowest BCUT2D eigenvalue weighted by atomic mass is 10.1. The Morgan fingerprint density at radius 1 is 1.14 bits per heavy atom. The fraction of sp³-hybridized carbons (Fsp3) is 0.222. The van der Waals surface area contributed by atoms with Gasteiger partial charge in [-0.3, -0.25) is 4.79 Å². The summed E-state index contributed by atoms with van der Waals surface area (Å²) in [7, 11) is 0. The first-order valence-electron chi connectivity index (χ1n) is 7.25. The van der Waals surface area contributed by atoms with Gasteiger partial charge in [0, 0.05) is 11.1 Å². The van der Waals surface area contributed by atoms with Gasteiger partial charge in [-0.05, 0) is 61.7 Å². The van der Waals surface area contributed by atoms with E-state index in [1.807, 2.05) is 57.2 Å². The molecule has 4 nitrogen and oxygen atoms in total. The molecule has 2 aromatic carbocycles. The number of hydrogen-bond donors (Lipinski definition) is 1. The number of aromatic nitrogens is 1. The summed E-state index contributed by atoms with van der Waals surface area (Å²) in [6.45, 7) is 6.06. The molecule has 0 aliphatic rings. The van der Waals surface area contributed by atoms with Crippen LogP contribution in [0.3, 0.4) is 0 Å². The highest BCUT2D eigenvalue weighted by Crippen LogP contribution is 2.23. The predicted octanol–water partition coefficient (Wildman–Crippen LogP) is 3.93. The van der Waals surface area contributed by atoms with E-state index in [1.165, 1.54) is 0 Å². The molecular weight excluding hydrogens is 276 g/mol. The molecule has 0 aliphatic carbocycles. The average Bonchev–Trinajstić information content (AvgIpc) is 2.81. The minimum Gasteiger partial charge on any atom is -0.356 e. The average molecular weight is 294 g/mol. The van der Waals surface area contributed by atoms with Gasteiger partial charge in [-0.15, -0.1) is 0 Å². The molecule has 1 aromatic heterocycles. The van der Waals surface area contributed by atoms with Gasteiger partial charge in [0.25, 0.3) is 0 Å². The van der Waals surface area contributed by atoms with Crippen LogP contribution < -0.4 is 5.32 Å². The highest BCUT2D eigenvalue weighted by Gasteiger charge is 2.13. The lowest BCUT2D eigenvalue weighted by Gasteiger charge is -2.05. The zero-order valence-corrected chi connectivity index (χ0v) is 12.9. The minimum absolute atomic E-state index is 0.0981. The maximum absolute atomic E-state index is 12.2. The zero-order chi connectivity index (χ0) is 15.7. The van der Waals surface area contributed by atoms with Crippen LogP contribution in [0.15, 0.2) is 40.9 Å². The van der Waals surface area contributed by atoms with Crippen LogP contribution in [-0.4, -0.2) is 11.1 Å². The van der Waals surface area contributed by atoms with E-state index < -0.39 is 0 Å². The molecule has 3 aromatic rings. The SMILES string of the molecule is Cc1cccc(NC(=O)Cc2noc3cc(C)c(C)cc23)c1. The standard InChI is InChI=1S/C18H18N2O2/c1-11-5-4-6-14(7-11)19-18(21)10-16-15-8-12(2)13(3)9-17(15)22-20-16/h4-9H,10H2,1-3H3,(H,19,21). The van der Waals surface area contributed by atoms with Gasteiger partial charge in [0.05, 0.1) is 6.42 Å². The van der Waals surface area contributed by atoms with Crippen LogP contribution in [-0.2, 0) is 11.2 Å². The largest absolute Gasteiger partial charge is 0.356 e. The van der Waals surface area contributed by atoms with E-state index in [0.29, 0.717) is 5.69 Å². The molecule has 0 unspecified atom stereocenters. The number of fused-ring (bicyclic) bond motifs is 1. The van der Waals surface area contributed by atoms with Crippen LogP contribution >= 0.6 is 0 Å². The van der Waals surface area contributed by atoms with E-state index in [1.54, 1.807) is 0 Å². The van der Waals surface area contributed by atoms with Crippen LogP contribution in [0.4, 0.5) is 5.69 Å². The number of benzene rings is 2. The van der Waals surface area contributed by atoms with Gasteiger partial charge in [-0.1, -0.05) is 17.3 Å². The summed E-state index contributed by atoms with van der Waals surface area (Å²) in [4.78, 5) is 12.2. The predicted molar refractivity (Wildman–Crippen MR) is 87.0 cm³/mol. The lowest BCUT2D eigenvalue weighted by Crippen LogP contribution is -2.14. The van der Waals surface area contributed by atoms with Crippen molar-refractivity contribution in [2.45, 2.75) is 27.2 Å². The van der Waals surface area contributed by atoms with Crippen LogP contribution in [0, 0.1) is 20.8 Å². The number of hydrogen-bond acceptors (Lipinski definition) is 3. The first-order chi connectivity index (χ1) is 10.5. The third-order valence-electron chi connectivity index (χ3n) is 3.79. The van der Waals surface area contributed by atoms with E-state index in [2.05, 4.69) is 10.5 Å². The van der Waals surface area contributed by atoms with Gasteiger partial charge in [0.2, 0.25) is 5.91 Å². The van der Waals surface area contributed by atoms with Gasteiger partial charge in [-0.2, -0.15) is 0 Å². The second kappa shape index (κ2) is 5.64. The van der Waals surface area contributed by atoms with Gasteiger partial charge in [0.1, 0.15) is 5.69 Å². The maximum atomic E-state index is 12.2. The monoisotopic (exact) mass is 294 g/mol. The topological polar surface area (TPSA) is 55.1 Å². The molecule has 0 saturated carbocycles. The van der Waals surface area contributed by atoms with Crippen molar-refractivity contribution in [3.63, 3.8) is 0 Å². The Balaban J connectivity index is 1.81. The third kappa shape index (κ3) is 2.86. The first kappa shape index (κ1) is 14.3. The fourth-order valence-corrected chi connectivity index (χ4v) is 2.45. The van der Waals surface area contributed by atoms with Crippen molar-refractivity contribution in [1.29, 1.82) is 0 Å². The van der Waals surface area contributed by atoms with Crippen LogP contribution in [0.25, 0.3) is 11.0 Å². The molecule has 0 saturated heterocycles. The molecule has 0 atom stereocenters. The van der Waals surface area contributed by atoms with Gasteiger partial charge in [-0.25, -0.2) is 0 Å². The Bertz CT molecular complexity index is 849. The second-order valence-electron chi connectivity index (χ2n) is 5.66. The van der Waals surface area contributed by atoms with Crippen molar-refractivity contribution >= 4 is 22.6 Å². The molecule has 0 spiro atoms. The quantitative estimate of drug-likeness (QED) is 0.796. The molecule has 1 heterocycles. The minimum atomic E-state index is -0.0981. The van der Waals surface area contributed by atoms with Crippen molar-refractivity contribution in [1.82, 2.24) is 5.16 Å². The van der Waals surface area contributed by atoms with Gasteiger partial charge < -0.3 is 9.84 Å². The number of carbonyl (C=O) groups is 1. The molecule has 0 radical (unpaired) electrons. The van der Waals surface area contributed by atoms with Crippen molar-refractivity contribution in [2.75, 3.05) is 5.32 Å². The highest BCUT2D eigenvalue weighted by atomic mass is 16.5. The molecule has 0 bridgehead atoms. The van der Waals surface area contributed by atoms with Gasteiger partial charge >= 0.3 is 0 Å². The smallest absolute Gasteiger partial charge is 0.230 e. The summed E-state index contributed by atoms with van der Waals surface area (Å²) in [5, 5.41) is 7.84. The Kier molecular flexibility index (Phi) is 3.67. The molecule has 1 N–H and O–H groups in total. The number of nitrogens with one attached hydrogen (secondary N) is 1. The van der Waals surface area contributed by atoms with E-state index >= 15 is 0 Å². The summed E-state index contributed by atoms with van der Waals surface area (Å²) >= 11 is 0. The van der Waals surface area contributed by atoms with Crippen LogP contribution in [0.2, 0.25) is 0 Å². The van der Waals surface area contributed by atoms with E-state index in [9.17, 15) is 4.79 Å². The van der Waals surface area contributed by atoms with E-state index in [-0.39, 0.29) is 12.3 Å². The summed E-state index contributed by atoms with van der Waals surface area (Å²) < 4.78 is 5.33. The third-order valence-corrected chi connectivity index (χ3v) is 3.79. The lowest BCUT2D eigenvalue weighted by molar-refractivity contribution is -0.115. The van der Waals surface area contributed by atoms with Crippen LogP contribution in [0.1, 0.15) is 22.4 Å². The number of aryl methyl sites for hydroxylation is 3. The Hall–Kier alpha value is -2.62.